The molecule has 1 aliphatic carbocycles. The summed E-state index contributed by atoms with van der Waals surface area (Å²) in [6.07, 6.45) is 15.9. The van der Waals surface area contributed by atoms with Crippen LogP contribution in [0.5, 0.6) is 0 Å². The minimum absolute atomic E-state index is 1.05. The van der Waals surface area contributed by atoms with Gasteiger partial charge in [0.15, 0.2) is 0 Å². The van der Waals surface area contributed by atoms with Gasteiger partial charge in [0, 0.05) is 6.42 Å². The van der Waals surface area contributed by atoms with Gasteiger partial charge in [-0.2, -0.15) is 0 Å². The van der Waals surface area contributed by atoms with E-state index in [4.69, 9.17) is 0 Å². The van der Waals surface area contributed by atoms with Crippen LogP contribution in [0.4, 0.5) is 0 Å². The molecular formula is C15H15. The molecule has 75 valence electrons. The van der Waals surface area contributed by atoms with Crippen LogP contribution in [0, 0.1) is 6.42 Å². The van der Waals surface area contributed by atoms with Crippen molar-refractivity contribution in [3.63, 3.8) is 0 Å². The van der Waals surface area contributed by atoms with Gasteiger partial charge in [-0.1, -0.05) is 54.7 Å². The van der Waals surface area contributed by atoms with Crippen LogP contribution in [0.25, 0.3) is 6.08 Å². The first-order valence-electron chi connectivity index (χ1n) is 5.33. The molecule has 1 aliphatic rings. The van der Waals surface area contributed by atoms with Crippen LogP contribution in [-0.4, -0.2) is 0 Å². The van der Waals surface area contributed by atoms with Crippen molar-refractivity contribution in [2.75, 3.05) is 0 Å². The number of rotatable bonds is 2. The zero-order chi connectivity index (χ0) is 10.5. The fraction of sp³-hybridized carbons (Fsp3) is 0.133. The van der Waals surface area contributed by atoms with Gasteiger partial charge in [0.1, 0.15) is 0 Å². The van der Waals surface area contributed by atoms with Crippen LogP contribution >= 0.6 is 0 Å². The molecule has 0 saturated carbocycles. The Hall–Kier alpha value is -1.56. The summed E-state index contributed by atoms with van der Waals surface area (Å²) >= 11 is 0. The van der Waals surface area contributed by atoms with Gasteiger partial charge in [-0.05, 0) is 30.0 Å². The molecule has 1 aromatic rings. The van der Waals surface area contributed by atoms with Crippen molar-refractivity contribution in [2.24, 2.45) is 0 Å². The van der Waals surface area contributed by atoms with E-state index in [0.29, 0.717) is 0 Å². The Kier molecular flexibility index (Phi) is 3.18. The Morgan fingerprint density at radius 3 is 3.00 bits per heavy atom. The first-order valence-corrected chi connectivity index (χ1v) is 5.33. The molecule has 15 heavy (non-hydrogen) atoms. The van der Waals surface area contributed by atoms with Crippen LogP contribution in [-0.2, 0) is 6.42 Å². The van der Waals surface area contributed by atoms with Crippen molar-refractivity contribution in [3.8, 4) is 0 Å². The predicted molar refractivity (Wildman–Crippen MR) is 66.5 cm³/mol. The lowest BCUT2D eigenvalue weighted by molar-refractivity contribution is 1.19. The third-order valence-electron chi connectivity index (χ3n) is 2.55. The SMILES string of the molecule is CC=CC=Cc1cccc2c1[CH]C=CC2. The number of hydrogen-bond donors (Lipinski definition) is 0. The van der Waals surface area contributed by atoms with Crippen molar-refractivity contribution in [2.45, 2.75) is 13.3 Å². The summed E-state index contributed by atoms with van der Waals surface area (Å²) in [4.78, 5) is 0. The third-order valence-corrected chi connectivity index (χ3v) is 2.55. The van der Waals surface area contributed by atoms with Crippen LogP contribution in [0.3, 0.4) is 0 Å². The lowest BCUT2D eigenvalue weighted by atomic mass is 9.92. The molecule has 0 atom stereocenters. The predicted octanol–water partition coefficient (Wildman–Crippen LogP) is 3.94. The summed E-state index contributed by atoms with van der Waals surface area (Å²) in [6, 6.07) is 6.48. The highest BCUT2D eigenvalue weighted by Gasteiger charge is 2.07. The fourth-order valence-corrected chi connectivity index (χ4v) is 1.79. The van der Waals surface area contributed by atoms with Gasteiger partial charge in [-0.3, -0.25) is 0 Å². The van der Waals surface area contributed by atoms with Crippen molar-refractivity contribution in [3.05, 3.63) is 71.7 Å². The van der Waals surface area contributed by atoms with Gasteiger partial charge < -0.3 is 0 Å². The van der Waals surface area contributed by atoms with E-state index >= 15 is 0 Å². The molecule has 0 nitrogen and oxygen atoms in total. The fourth-order valence-electron chi connectivity index (χ4n) is 1.79. The molecule has 0 saturated heterocycles. The van der Waals surface area contributed by atoms with Crippen LogP contribution in [0.1, 0.15) is 23.6 Å². The standard InChI is InChI=1S/C15H15/c1-2-3-4-8-13-10-7-11-14-9-5-6-12-15(13)14/h2-8,10-12H,9H2,1H3. The third kappa shape index (κ3) is 2.27. The van der Waals surface area contributed by atoms with Gasteiger partial charge in [-0.25, -0.2) is 0 Å². The maximum absolute atomic E-state index is 2.20. The highest BCUT2D eigenvalue weighted by Crippen LogP contribution is 2.23. The normalized spacial score (nSPS) is 15.0. The smallest absolute Gasteiger partial charge is 0.0131 e. The molecular weight excluding hydrogens is 180 g/mol. The van der Waals surface area contributed by atoms with Gasteiger partial charge >= 0.3 is 0 Å². The number of allylic oxidation sites excluding steroid dienone is 5. The molecule has 0 heterocycles. The van der Waals surface area contributed by atoms with Gasteiger partial charge in [0.2, 0.25) is 0 Å². The van der Waals surface area contributed by atoms with E-state index in [1.807, 2.05) is 13.0 Å². The summed E-state index contributed by atoms with van der Waals surface area (Å²) in [6.45, 7) is 2.03. The minimum Gasteiger partial charge on any atom is -0.0877 e. The molecule has 0 bridgehead atoms. The molecule has 2 rings (SSSR count). The van der Waals surface area contributed by atoms with Crippen LogP contribution in [0.15, 0.2) is 48.6 Å². The average Bonchev–Trinajstić information content (AvgIpc) is 2.30. The zero-order valence-electron chi connectivity index (χ0n) is 8.98. The highest BCUT2D eigenvalue weighted by molar-refractivity contribution is 5.61. The maximum atomic E-state index is 2.20. The summed E-state index contributed by atoms with van der Waals surface area (Å²) in [5.74, 6) is 0. The quantitative estimate of drug-likeness (QED) is 0.627. The van der Waals surface area contributed by atoms with Gasteiger partial charge in [-0.15, -0.1) is 0 Å². The van der Waals surface area contributed by atoms with Gasteiger partial charge in [0.05, 0.1) is 0 Å². The molecule has 0 unspecified atom stereocenters. The van der Waals surface area contributed by atoms with Crippen molar-refractivity contribution in [1.82, 2.24) is 0 Å². The Bertz CT molecular complexity index is 420. The Morgan fingerprint density at radius 2 is 2.13 bits per heavy atom. The van der Waals surface area contributed by atoms with Gasteiger partial charge in [0.25, 0.3) is 0 Å². The Labute approximate surface area is 91.6 Å². The van der Waals surface area contributed by atoms with E-state index in [0.717, 1.165) is 6.42 Å². The molecule has 0 N–H and O–H groups in total. The first-order chi connectivity index (χ1) is 7.42. The van der Waals surface area contributed by atoms with Crippen molar-refractivity contribution >= 4 is 6.08 Å². The second-order valence-electron chi connectivity index (χ2n) is 3.60. The zero-order valence-corrected chi connectivity index (χ0v) is 8.98. The van der Waals surface area contributed by atoms with E-state index in [-0.39, 0.29) is 0 Å². The second kappa shape index (κ2) is 4.79. The molecule has 0 aliphatic heterocycles. The minimum atomic E-state index is 1.05. The molecule has 0 amide bonds. The Balaban J connectivity index is 2.33. The van der Waals surface area contributed by atoms with E-state index in [1.165, 1.54) is 16.7 Å². The lowest BCUT2D eigenvalue weighted by Gasteiger charge is -2.12. The number of benzene rings is 1. The van der Waals surface area contributed by atoms with E-state index in [2.05, 4.69) is 55.0 Å². The summed E-state index contributed by atoms with van der Waals surface area (Å²) in [7, 11) is 0. The average molecular weight is 195 g/mol. The van der Waals surface area contributed by atoms with Crippen molar-refractivity contribution in [1.29, 1.82) is 0 Å². The van der Waals surface area contributed by atoms with Crippen LogP contribution in [0.2, 0.25) is 0 Å². The molecule has 0 fully saturated rings. The summed E-state index contributed by atoms with van der Waals surface area (Å²) < 4.78 is 0. The topological polar surface area (TPSA) is 0 Å². The van der Waals surface area contributed by atoms with E-state index < -0.39 is 0 Å². The number of fused-ring (bicyclic) bond motifs is 1. The summed E-state index contributed by atoms with van der Waals surface area (Å²) in [5.41, 5.74) is 4.08. The lowest BCUT2D eigenvalue weighted by Crippen LogP contribution is -1.97. The largest absolute Gasteiger partial charge is 0.0877 e. The molecule has 1 aromatic carbocycles. The van der Waals surface area contributed by atoms with E-state index in [1.54, 1.807) is 0 Å². The Morgan fingerprint density at radius 1 is 1.20 bits per heavy atom. The van der Waals surface area contributed by atoms with E-state index in [9.17, 15) is 0 Å². The molecule has 0 aromatic heterocycles. The molecule has 0 spiro atoms. The maximum Gasteiger partial charge on any atom is 0.0131 e. The summed E-state index contributed by atoms with van der Waals surface area (Å²) in [5, 5.41) is 0. The second-order valence-corrected chi connectivity index (χ2v) is 3.60. The highest BCUT2D eigenvalue weighted by atomic mass is 14.1. The molecule has 0 heteroatoms. The molecule has 1 radical (unpaired) electrons. The van der Waals surface area contributed by atoms with Crippen molar-refractivity contribution < 1.29 is 0 Å². The number of hydrogen-bond acceptors (Lipinski definition) is 0. The monoisotopic (exact) mass is 195 g/mol. The van der Waals surface area contributed by atoms with Crippen LogP contribution < -0.4 is 0 Å². The first kappa shape index (κ1) is 9.97.